The average Bonchev–Trinajstić information content (AvgIpc) is 3.57. The molecule has 0 saturated heterocycles. The highest BCUT2D eigenvalue weighted by Crippen LogP contribution is 2.35. The van der Waals surface area contributed by atoms with Crippen LogP contribution in [-0.2, 0) is 0 Å². The smallest absolute Gasteiger partial charge is 0.277 e. The van der Waals surface area contributed by atoms with Crippen molar-refractivity contribution in [1.82, 2.24) is 14.8 Å². The molecule has 1 atom stereocenters. The molecule has 180 valence electrons. The van der Waals surface area contributed by atoms with Gasteiger partial charge in [-0.2, -0.15) is 0 Å². The highest BCUT2D eigenvalue weighted by Gasteiger charge is 2.22. The van der Waals surface area contributed by atoms with E-state index in [2.05, 4.69) is 10.2 Å². The lowest BCUT2D eigenvalue weighted by molar-refractivity contribution is 0.102. The molecular formula is C25H22FN3O5S. The molecule has 10 heteroatoms. The van der Waals surface area contributed by atoms with Crippen LogP contribution in [0.15, 0.2) is 58.2 Å². The van der Waals surface area contributed by atoms with Gasteiger partial charge in [-0.15, -0.1) is 10.2 Å². The highest BCUT2D eigenvalue weighted by molar-refractivity contribution is 7.99. The molecule has 35 heavy (non-hydrogen) atoms. The lowest BCUT2D eigenvalue weighted by atomic mass is 10.2. The summed E-state index contributed by atoms with van der Waals surface area (Å²) in [6.45, 7) is 5.74. The normalized spacial score (nSPS) is 13.1. The number of ketones is 1. The van der Waals surface area contributed by atoms with Gasteiger partial charge in [0.15, 0.2) is 35.0 Å². The van der Waals surface area contributed by atoms with Gasteiger partial charge in [0.05, 0.1) is 5.75 Å². The minimum atomic E-state index is -0.648. The van der Waals surface area contributed by atoms with Crippen LogP contribution in [0.25, 0.3) is 5.69 Å². The van der Waals surface area contributed by atoms with Crippen LogP contribution in [0.1, 0.15) is 40.7 Å². The number of halogens is 1. The summed E-state index contributed by atoms with van der Waals surface area (Å²) in [5.41, 5.74) is 3.25. The summed E-state index contributed by atoms with van der Waals surface area (Å²) in [4.78, 5) is 13.0. The maximum absolute atomic E-state index is 13.8. The van der Waals surface area contributed by atoms with E-state index in [4.69, 9.17) is 18.6 Å². The molecule has 8 nitrogen and oxygen atoms in total. The van der Waals surface area contributed by atoms with Crippen LogP contribution in [0, 0.1) is 19.7 Å². The maximum Gasteiger partial charge on any atom is 0.277 e. The number of rotatable bonds is 8. The van der Waals surface area contributed by atoms with Crippen molar-refractivity contribution in [2.75, 3.05) is 12.5 Å². The Morgan fingerprint density at radius 1 is 1.14 bits per heavy atom. The van der Waals surface area contributed by atoms with E-state index in [1.165, 1.54) is 12.1 Å². The first kappa shape index (κ1) is 23.0. The summed E-state index contributed by atoms with van der Waals surface area (Å²) in [6.07, 6.45) is -0.648. The molecule has 0 bridgehead atoms. The van der Waals surface area contributed by atoms with Gasteiger partial charge in [0.2, 0.25) is 6.79 Å². The highest BCUT2D eigenvalue weighted by atomic mass is 32.2. The number of hydrogen-bond donors (Lipinski definition) is 0. The third-order valence-electron chi connectivity index (χ3n) is 5.58. The molecule has 1 aliphatic heterocycles. The first-order valence-corrected chi connectivity index (χ1v) is 11.9. The second kappa shape index (κ2) is 9.46. The van der Waals surface area contributed by atoms with Crippen molar-refractivity contribution in [1.29, 1.82) is 0 Å². The van der Waals surface area contributed by atoms with Crippen molar-refractivity contribution in [3.8, 4) is 22.9 Å². The molecule has 2 aromatic carbocycles. The molecule has 0 radical (unpaired) electrons. The monoisotopic (exact) mass is 495 g/mol. The Labute approximate surface area is 205 Å². The topological polar surface area (TPSA) is 88.6 Å². The SMILES string of the molecule is Cc1cc(C(=O)CSc2nnc(C(C)Oc3ccccc3F)o2)c(C)n1-c1ccc2c(c1)OCO2. The minimum Gasteiger partial charge on any atom is -0.478 e. The fourth-order valence-electron chi connectivity index (χ4n) is 3.90. The van der Waals surface area contributed by atoms with E-state index in [1.54, 1.807) is 19.1 Å². The number of benzene rings is 2. The molecule has 0 spiro atoms. The van der Waals surface area contributed by atoms with Crippen molar-refractivity contribution in [2.45, 2.75) is 32.1 Å². The van der Waals surface area contributed by atoms with Gasteiger partial charge in [-0.3, -0.25) is 4.79 Å². The first-order valence-electron chi connectivity index (χ1n) is 10.9. The van der Waals surface area contributed by atoms with Crippen LogP contribution in [0.4, 0.5) is 4.39 Å². The van der Waals surface area contributed by atoms with Gasteiger partial charge in [-0.25, -0.2) is 4.39 Å². The van der Waals surface area contributed by atoms with Crippen LogP contribution >= 0.6 is 11.8 Å². The Balaban J connectivity index is 1.25. The number of carbonyl (C=O) groups is 1. The van der Waals surface area contributed by atoms with Crippen LogP contribution in [0.3, 0.4) is 0 Å². The van der Waals surface area contributed by atoms with Crippen molar-refractivity contribution in [2.24, 2.45) is 0 Å². The quantitative estimate of drug-likeness (QED) is 0.235. The van der Waals surface area contributed by atoms with Crippen molar-refractivity contribution >= 4 is 17.5 Å². The number of nitrogens with zero attached hydrogens (tertiary/aromatic N) is 3. The van der Waals surface area contributed by atoms with Gasteiger partial charge in [-0.1, -0.05) is 23.9 Å². The molecule has 0 saturated carbocycles. The Bertz CT molecular complexity index is 1400. The van der Waals surface area contributed by atoms with E-state index in [0.717, 1.165) is 28.8 Å². The Kier molecular flexibility index (Phi) is 6.21. The predicted molar refractivity (Wildman–Crippen MR) is 126 cm³/mol. The number of aryl methyl sites for hydroxylation is 1. The molecule has 2 aromatic heterocycles. The van der Waals surface area contributed by atoms with Crippen molar-refractivity contribution in [3.63, 3.8) is 0 Å². The number of fused-ring (bicyclic) bond motifs is 1. The third kappa shape index (κ3) is 4.61. The number of carbonyl (C=O) groups excluding carboxylic acids is 1. The van der Waals surface area contributed by atoms with Crippen LogP contribution in [-0.4, -0.2) is 33.1 Å². The van der Waals surface area contributed by atoms with E-state index >= 15 is 0 Å². The second-order valence-electron chi connectivity index (χ2n) is 7.97. The average molecular weight is 496 g/mol. The van der Waals surface area contributed by atoms with Gasteiger partial charge >= 0.3 is 0 Å². The molecule has 3 heterocycles. The van der Waals surface area contributed by atoms with Crippen molar-refractivity contribution < 1.29 is 27.8 Å². The summed E-state index contributed by atoms with van der Waals surface area (Å²) in [5.74, 6) is 1.26. The molecule has 1 unspecified atom stereocenters. The Morgan fingerprint density at radius 2 is 1.94 bits per heavy atom. The fourth-order valence-corrected chi connectivity index (χ4v) is 4.55. The Morgan fingerprint density at radius 3 is 2.77 bits per heavy atom. The molecule has 4 aromatic rings. The lowest BCUT2D eigenvalue weighted by Gasteiger charge is -2.11. The van der Waals surface area contributed by atoms with Gasteiger partial charge < -0.3 is 23.2 Å². The molecule has 5 rings (SSSR count). The molecular weight excluding hydrogens is 473 g/mol. The zero-order valence-corrected chi connectivity index (χ0v) is 20.1. The van der Waals surface area contributed by atoms with Gasteiger partial charge in [0, 0.05) is 28.7 Å². The zero-order chi connectivity index (χ0) is 24.5. The number of para-hydroxylation sites is 1. The molecule has 0 amide bonds. The number of hydrogen-bond acceptors (Lipinski definition) is 8. The van der Waals surface area contributed by atoms with Crippen LogP contribution < -0.4 is 14.2 Å². The Hall–Kier alpha value is -3.79. The summed E-state index contributed by atoms with van der Waals surface area (Å²) in [5, 5.41) is 8.19. The largest absolute Gasteiger partial charge is 0.478 e. The molecule has 1 aliphatic rings. The minimum absolute atomic E-state index is 0.0644. The third-order valence-corrected chi connectivity index (χ3v) is 6.40. The van der Waals surface area contributed by atoms with Gasteiger partial charge in [0.25, 0.3) is 11.1 Å². The fraction of sp³-hybridized carbons (Fsp3) is 0.240. The zero-order valence-electron chi connectivity index (χ0n) is 19.3. The molecule has 0 fully saturated rings. The number of ether oxygens (including phenoxy) is 3. The summed E-state index contributed by atoms with van der Waals surface area (Å²) in [7, 11) is 0. The molecule has 0 N–H and O–H groups in total. The molecule has 0 aliphatic carbocycles. The number of Topliss-reactive ketones (excluding diaryl/α,β-unsaturated/α-hetero) is 1. The van der Waals surface area contributed by atoms with Crippen LogP contribution in [0.5, 0.6) is 17.2 Å². The van der Waals surface area contributed by atoms with Gasteiger partial charge in [0.1, 0.15) is 0 Å². The number of thioether (sulfide) groups is 1. The lowest BCUT2D eigenvalue weighted by Crippen LogP contribution is -2.05. The van der Waals surface area contributed by atoms with E-state index < -0.39 is 11.9 Å². The summed E-state index contributed by atoms with van der Waals surface area (Å²) >= 11 is 1.14. The van der Waals surface area contributed by atoms with Crippen LogP contribution in [0.2, 0.25) is 0 Å². The predicted octanol–water partition coefficient (Wildman–Crippen LogP) is 5.46. The second-order valence-corrected chi connectivity index (χ2v) is 8.89. The van der Waals surface area contributed by atoms with E-state index in [9.17, 15) is 9.18 Å². The standard InChI is InChI=1S/C25H22FN3O5S/c1-14-10-18(15(2)29(14)17-8-9-22-23(11-17)32-13-31-22)20(30)12-35-25-28-27-24(34-25)16(3)33-21-7-5-4-6-19(21)26/h4-11,16H,12-13H2,1-3H3. The first-order chi connectivity index (χ1) is 16.9. The van der Waals surface area contributed by atoms with E-state index in [1.807, 2.05) is 42.7 Å². The number of aromatic nitrogens is 3. The summed E-state index contributed by atoms with van der Waals surface area (Å²) in [6, 6.07) is 13.7. The summed E-state index contributed by atoms with van der Waals surface area (Å²) < 4.78 is 37.9. The maximum atomic E-state index is 13.8. The van der Waals surface area contributed by atoms with E-state index in [0.29, 0.717) is 17.1 Å². The van der Waals surface area contributed by atoms with Gasteiger partial charge in [-0.05, 0) is 51.1 Å². The van der Waals surface area contributed by atoms with Crippen molar-refractivity contribution in [3.05, 3.63) is 77.2 Å². The van der Waals surface area contributed by atoms with E-state index in [-0.39, 0.29) is 35.2 Å².